The van der Waals surface area contributed by atoms with Crippen molar-refractivity contribution in [3.63, 3.8) is 0 Å². The Bertz CT molecular complexity index is 363. The van der Waals surface area contributed by atoms with E-state index in [9.17, 15) is 14.7 Å². The van der Waals surface area contributed by atoms with Gasteiger partial charge in [0, 0.05) is 19.2 Å². The quantitative estimate of drug-likeness (QED) is 0.615. The summed E-state index contributed by atoms with van der Waals surface area (Å²) in [5.74, 6) is -0.773. The first-order chi connectivity index (χ1) is 8.55. The molecule has 1 saturated heterocycles. The molecule has 0 saturated carbocycles. The average molecular weight is 251 g/mol. The molecule has 1 fully saturated rings. The molecule has 1 heterocycles. The standard InChI is InChI=1S/C14H21NO3/c1-3-5-6-7-12(16)15-10-8-14(4-2,9-11-15)13(17)18/h3,5-7H,4,8-11H2,1-2H3,(H,17,18). The van der Waals surface area contributed by atoms with Crippen LogP contribution in [0.25, 0.3) is 0 Å². The summed E-state index contributed by atoms with van der Waals surface area (Å²) in [6.07, 6.45) is 8.60. The summed E-state index contributed by atoms with van der Waals surface area (Å²) < 4.78 is 0. The third-order valence-electron chi connectivity index (χ3n) is 3.71. The van der Waals surface area contributed by atoms with Gasteiger partial charge >= 0.3 is 5.97 Å². The highest BCUT2D eigenvalue weighted by Crippen LogP contribution is 2.35. The van der Waals surface area contributed by atoms with Crippen molar-refractivity contribution in [2.75, 3.05) is 13.1 Å². The molecule has 0 bridgehead atoms. The molecule has 1 N–H and O–H groups in total. The van der Waals surface area contributed by atoms with Crippen LogP contribution in [-0.2, 0) is 9.59 Å². The number of carbonyl (C=O) groups is 2. The van der Waals surface area contributed by atoms with Crippen LogP contribution in [0, 0.1) is 5.41 Å². The number of nitrogens with zero attached hydrogens (tertiary/aromatic N) is 1. The minimum Gasteiger partial charge on any atom is -0.481 e. The van der Waals surface area contributed by atoms with Crippen LogP contribution in [0.1, 0.15) is 33.1 Å². The molecular weight excluding hydrogens is 230 g/mol. The predicted molar refractivity (Wildman–Crippen MR) is 70.1 cm³/mol. The number of aliphatic carboxylic acids is 1. The highest BCUT2D eigenvalue weighted by Gasteiger charge is 2.40. The molecule has 1 rings (SSSR count). The number of carbonyl (C=O) groups excluding carboxylic acids is 1. The van der Waals surface area contributed by atoms with Crippen LogP contribution < -0.4 is 0 Å². The van der Waals surface area contributed by atoms with E-state index in [-0.39, 0.29) is 5.91 Å². The van der Waals surface area contributed by atoms with Gasteiger partial charge in [0.1, 0.15) is 0 Å². The Kier molecular flexibility index (Phi) is 5.13. The number of rotatable bonds is 4. The normalized spacial score (nSPS) is 19.6. The van der Waals surface area contributed by atoms with E-state index in [1.165, 1.54) is 6.08 Å². The molecule has 0 spiro atoms. The third-order valence-corrected chi connectivity index (χ3v) is 3.71. The van der Waals surface area contributed by atoms with Gasteiger partial charge in [-0.15, -0.1) is 0 Å². The maximum atomic E-state index is 11.8. The van der Waals surface area contributed by atoms with Gasteiger partial charge in [0.2, 0.25) is 5.91 Å². The zero-order chi connectivity index (χ0) is 13.6. The second-order valence-corrected chi connectivity index (χ2v) is 4.65. The Morgan fingerprint density at radius 3 is 2.33 bits per heavy atom. The van der Waals surface area contributed by atoms with Crippen LogP contribution in [0.3, 0.4) is 0 Å². The number of carboxylic acids is 1. The highest BCUT2D eigenvalue weighted by atomic mass is 16.4. The summed E-state index contributed by atoms with van der Waals surface area (Å²) in [5, 5.41) is 9.26. The monoisotopic (exact) mass is 251 g/mol. The van der Waals surface area contributed by atoms with Crippen molar-refractivity contribution in [2.45, 2.75) is 33.1 Å². The minimum atomic E-state index is -0.735. The van der Waals surface area contributed by atoms with E-state index in [0.29, 0.717) is 32.4 Å². The number of amides is 1. The van der Waals surface area contributed by atoms with Gasteiger partial charge in [-0.3, -0.25) is 9.59 Å². The highest BCUT2D eigenvalue weighted by molar-refractivity contribution is 5.88. The molecule has 0 aromatic rings. The van der Waals surface area contributed by atoms with Gasteiger partial charge in [-0.25, -0.2) is 0 Å². The van der Waals surface area contributed by atoms with E-state index in [2.05, 4.69) is 0 Å². The molecule has 0 aromatic heterocycles. The van der Waals surface area contributed by atoms with Gasteiger partial charge in [-0.1, -0.05) is 25.2 Å². The van der Waals surface area contributed by atoms with Crippen LogP contribution in [0.2, 0.25) is 0 Å². The molecule has 0 atom stereocenters. The number of piperidine rings is 1. The summed E-state index contributed by atoms with van der Waals surface area (Å²) in [6.45, 7) is 4.84. The lowest BCUT2D eigenvalue weighted by Gasteiger charge is -2.37. The van der Waals surface area contributed by atoms with E-state index in [1.807, 2.05) is 19.9 Å². The molecule has 1 amide bonds. The number of hydrogen-bond acceptors (Lipinski definition) is 2. The molecule has 0 aliphatic carbocycles. The fourth-order valence-corrected chi connectivity index (χ4v) is 2.23. The van der Waals surface area contributed by atoms with Crippen molar-refractivity contribution in [2.24, 2.45) is 5.41 Å². The Morgan fingerprint density at radius 2 is 1.89 bits per heavy atom. The van der Waals surface area contributed by atoms with E-state index in [1.54, 1.807) is 17.1 Å². The lowest BCUT2D eigenvalue weighted by atomic mass is 9.76. The van der Waals surface area contributed by atoms with Crippen LogP contribution in [0.15, 0.2) is 24.3 Å². The second-order valence-electron chi connectivity index (χ2n) is 4.65. The van der Waals surface area contributed by atoms with Gasteiger partial charge in [-0.05, 0) is 26.2 Å². The Balaban J connectivity index is 2.58. The summed E-state index contributed by atoms with van der Waals surface area (Å²) in [5.41, 5.74) is -0.635. The molecule has 0 aromatic carbocycles. The van der Waals surface area contributed by atoms with Crippen molar-refractivity contribution in [3.05, 3.63) is 24.3 Å². The molecule has 18 heavy (non-hydrogen) atoms. The first-order valence-electron chi connectivity index (χ1n) is 6.37. The van der Waals surface area contributed by atoms with E-state index in [4.69, 9.17) is 0 Å². The summed E-state index contributed by atoms with van der Waals surface area (Å²) in [7, 11) is 0. The molecule has 1 aliphatic rings. The number of likely N-dealkylation sites (tertiary alicyclic amines) is 1. The van der Waals surface area contributed by atoms with Gasteiger partial charge in [0.25, 0.3) is 0 Å². The van der Waals surface area contributed by atoms with E-state index >= 15 is 0 Å². The van der Waals surface area contributed by atoms with Crippen LogP contribution in [-0.4, -0.2) is 35.0 Å². The minimum absolute atomic E-state index is 0.0387. The summed E-state index contributed by atoms with van der Waals surface area (Å²) >= 11 is 0. The molecule has 0 unspecified atom stereocenters. The largest absolute Gasteiger partial charge is 0.481 e. The van der Waals surface area contributed by atoms with E-state index < -0.39 is 11.4 Å². The SMILES string of the molecule is CC=CC=CC(=O)N1CCC(CC)(C(=O)O)CC1. The Morgan fingerprint density at radius 1 is 1.28 bits per heavy atom. The topological polar surface area (TPSA) is 57.6 Å². The number of hydrogen-bond donors (Lipinski definition) is 1. The van der Waals surface area contributed by atoms with Gasteiger partial charge in [-0.2, -0.15) is 0 Å². The summed E-state index contributed by atoms with van der Waals surface area (Å²) in [4.78, 5) is 24.8. The van der Waals surface area contributed by atoms with Crippen LogP contribution in [0.4, 0.5) is 0 Å². The Hall–Kier alpha value is -1.58. The third kappa shape index (κ3) is 3.22. The zero-order valence-corrected chi connectivity index (χ0v) is 11.1. The molecule has 4 nitrogen and oxygen atoms in total. The maximum Gasteiger partial charge on any atom is 0.309 e. The lowest BCUT2D eigenvalue weighted by molar-refractivity contribution is -0.154. The van der Waals surface area contributed by atoms with Crippen LogP contribution >= 0.6 is 0 Å². The fourth-order valence-electron chi connectivity index (χ4n) is 2.23. The molecular formula is C14H21NO3. The van der Waals surface area contributed by atoms with Crippen molar-refractivity contribution >= 4 is 11.9 Å². The molecule has 4 heteroatoms. The molecule has 0 radical (unpaired) electrons. The predicted octanol–water partition coefficient (Wildman–Crippen LogP) is 2.22. The zero-order valence-electron chi connectivity index (χ0n) is 11.1. The van der Waals surface area contributed by atoms with E-state index in [0.717, 1.165) is 0 Å². The van der Waals surface area contributed by atoms with Crippen molar-refractivity contribution < 1.29 is 14.7 Å². The first kappa shape index (κ1) is 14.5. The van der Waals surface area contributed by atoms with Crippen molar-refractivity contribution in [1.29, 1.82) is 0 Å². The summed E-state index contributed by atoms with van der Waals surface area (Å²) in [6, 6.07) is 0. The molecule has 1 aliphatic heterocycles. The fraction of sp³-hybridized carbons (Fsp3) is 0.571. The van der Waals surface area contributed by atoms with Crippen molar-refractivity contribution in [1.82, 2.24) is 4.90 Å². The number of carboxylic acid groups (broad SMARTS) is 1. The van der Waals surface area contributed by atoms with Crippen LogP contribution in [0.5, 0.6) is 0 Å². The molecule has 100 valence electrons. The van der Waals surface area contributed by atoms with Gasteiger partial charge in [0.05, 0.1) is 5.41 Å². The second kappa shape index (κ2) is 6.38. The smallest absolute Gasteiger partial charge is 0.309 e. The lowest BCUT2D eigenvalue weighted by Crippen LogP contribution is -2.45. The van der Waals surface area contributed by atoms with Crippen molar-refractivity contribution in [3.8, 4) is 0 Å². The number of allylic oxidation sites excluding steroid dienone is 3. The maximum absolute atomic E-state index is 11.8. The Labute approximate surface area is 108 Å². The van der Waals surface area contributed by atoms with Gasteiger partial charge in [0.15, 0.2) is 0 Å². The average Bonchev–Trinajstić information content (AvgIpc) is 2.38. The van der Waals surface area contributed by atoms with Gasteiger partial charge < -0.3 is 10.0 Å². The first-order valence-corrected chi connectivity index (χ1v) is 6.37.